The summed E-state index contributed by atoms with van der Waals surface area (Å²) in [6.45, 7) is 5.22. The van der Waals surface area contributed by atoms with Gasteiger partial charge in [0.1, 0.15) is 0 Å². The zero-order valence-electron chi connectivity index (χ0n) is 11.8. The van der Waals surface area contributed by atoms with Gasteiger partial charge in [-0.05, 0) is 37.5 Å². The number of unbranched alkanes of at least 4 members (excludes halogenated alkanes) is 3. The van der Waals surface area contributed by atoms with Crippen LogP contribution in [0.5, 0.6) is 0 Å². The zero-order chi connectivity index (χ0) is 13.2. The van der Waals surface area contributed by atoms with E-state index in [0.29, 0.717) is 6.10 Å². The lowest BCUT2D eigenvalue weighted by atomic mass is 10.1. The van der Waals surface area contributed by atoms with E-state index < -0.39 is 0 Å². The quantitative estimate of drug-likeness (QED) is 0.526. The summed E-state index contributed by atoms with van der Waals surface area (Å²) in [5.74, 6) is 0. The Bertz CT molecular complexity index is 307. The number of rotatable bonds is 9. The molecule has 1 aromatic carbocycles. The Balaban J connectivity index is 2.07. The van der Waals surface area contributed by atoms with Gasteiger partial charge in [-0.25, -0.2) is 0 Å². The molecule has 0 aromatic heterocycles. The molecule has 2 N–H and O–H groups in total. The van der Waals surface area contributed by atoms with Crippen LogP contribution in [0.15, 0.2) is 24.3 Å². The summed E-state index contributed by atoms with van der Waals surface area (Å²) in [6, 6.07) is 8.04. The van der Waals surface area contributed by atoms with Gasteiger partial charge in [0.15, 0.2) is 0 Å². The highest BCUT2D eigenvalue weighted by Gasteiger charge is 2.02. The minimum Gasteiger partial charge on any atom is -0.399 e. The Morgan fingerprint density at radius 2 is 1.83 bits per heavy atom. The summed E-state index contributed by atoms with van der Waals surface area (Å²) in [7, 11) is 0. The van der Waals surface area contributed by atoms with Crippen LogP contribution in [-0.4, -0.2) is 12.7 Å². The van der Waals surface area contributed by atoms with Crippen LogP contribution in [-0.2, 0) is 11.2 Å². The van der Waals surface area contributed by atoms with Gasteiger partial charge in [0.2, 0.25) is 0 Å². The van der Waals surface area contributed by atoms with Crippen LogP contribution in [0.4, 0.5) is 5.69 Å². The molecule has 2 heteroatoms. The number of nitrogens with two attached hydrogens (primary N) is 1. The molecule has 0 aliphatic carbocycles. The van der Waals surface area contributed by atoms with E-state index >= 15 is 0 Å². The lowest BCUT2D eigenvalue weighted by molar-refractivity contribution is 0.0607. The molecular formula is C16H27NO. The maximum absolute atomic E-state index is 5.83. The van der Waals surface area contributed by atoms with E-state index in [-0.39, 0.29) is 0 Å². The molecule has 0 saturated carbocycles. The molecule has 0 fully saturated rings. The molecule has 2 nitrogen and oxygen atoms in total. The normalized spacial score (nSPS) is 12.6. The Labute approximate surface area is 112 Å². The fourth-order valence-electron chi connectivity index (χ4n) is 2.00. The second-order valence-corrected chi connectivity index (χ2v) is 5.02. The largest absolute Gasteiger partial charge is 0.399 e. The first-order valence-corrected chi connectivity index (χ1v) is 7.18. The van der Waals surface area contributed by atoms with Crippen LogP contribution >= 0.6 is 0 Å². The molecule has 1 unspecified atom stereocenters. The maximum Gasteiger partial charge on any atom is 0.0547 e. The number of ether oxygens (including phenoxy) is 1. The van der Waals surface area contributed by atoms with Gasteiger partial charge in [0.05, 0.1) is 12.7 Å². The molecule has 18 heavy (non-hydrogen) atoms. The van der Waals surface area contributed by atoms with Crippen molar-refractivity contribution in [2.75, 3.05) is 12.3 Å². The van der Waals surface area contributed by atoms with Gasteiger partial charge >= 0.3 is 0 Å². The molecule has 0 radical (unpaired) electrons. The van der Waals surface area contributed by atoms with Gasteiger partial charge in [0, 0.05) is 5.69 Å². The Morgan fingerprint density at radius 1 is 1.11 bits per heavy atom. The van der Waals surface area contributed by atoms with E-state index in [2.05, 4.69) is 26.0 Å². The molecule has 0 spiro atoms. The van der Waals surface area contributed by atoms with Crippen molar-refractivity contribution in [3.8, 4) is 0 Å². The summed E-state index contributed by atoms with van der Waals surface area (Å²) in [4.78, 5) is 0. The molecule has 0 saturated heterocycles. The van der Waals surface area contributed by atoms with Crippen molar-refractivity contribution in [2.24, 2.45) is 0 Å². The first kappa shape index (κ1) is 15.0. The highest BCUT2D eigenvalue weighted by Crippen LogP contribution is 2.10. The molecule has 0 aliphatic heterocycles. The average Bonchev–Trinajstić information content (AvgIpc) is 2.37. The lowest BCUT2D eigenvalue weighted by Gasteiger charge is -2.12. The van der Waals surface area contributed by atoms with Gasteiger partial charge in [-0.2, -0.15) is 0 Å². The van der Waals surface area contributed by atoms with Crippen LogP contribution in [0, 0.1) is 0 Å². The van der Waals surface area contributed by atoms with Gasteiger partial charge in [-0.3, -0.25) is 0 Å². The zero-order valence-corrected chi connectivity index (χ0v) is 11.8. The average molecular weight is 249 g/mol. The molecule has 1 atom stereocenters. The molecular weight excluding hydrogens is 222 g/mol. The van der Waals surface area contributed by atoms with E-state index in [1.807, 2.05) is 12.1 Å². The molecule has 0 amide bonds. The molecule has 0 heterocycles. The van der Waals surface area contributed by atoms with E-state index in [1.54, 1.807) is 0 Å². The van der Waals surface area contributed by atoms with E-state index in [4.69, 9.17) is 10.5 Å². The number of benzene rings is 1. The molecule has 1 aromatic rings. The third-order valence-corrected chi connectivity index (χ3v) is 3.24. The van der Waals surface area contributed by atoms with Crippen LogP contribution < -0.4 is 5.73 Å². The monoisotopic (exact) mass is 249 g/mol. The van der Waals surface area contributed by atoms with Gasteiger partial charge in [0.25, 0.3) is 0 Å². The van der Waals surface area contributed by atoms with Crippen LogP contribution in [0.1, 0.15) is 51.5 Å². The van der Waals surface area contributed by atoms with Crippen molar-refractivity contribution in [1.82, 2.24) is 0 Å². The SMILES string of the molecule is CCCCCCC(C)OCCc1ccc(N)cc1. The van der Waals surface area contributed by atoms with Crippen LogP contribution in [0.25, 0.3) is 0 Å². The number of hydrogen-bond acceptors (Lipinski definition) is 2. The van der Waals surface area contributed by atoms with Crippen LogP contribution in [0.2, 0.25) is 0 Å². The fourth-order valence-corrected chi connectivity index (χ4v) is 2.00. The van der Waals surface area contributed by atoms with Crippen molar-refractivity contribution < 1.29 is 4.74 Å². The third kappa shape index (κ3) is 6.65. The minimum atomic E-state index is 0.385. The van der Waals surface area contributed by atoms with Crippen molar-refractivity contribution in [2.45, 2.75) is 58.5 Å². The Hall–Kier alpha value is -1.02. The summed E-state index contributed by atoms with van der Waals surface area (Å²) >= 11 is 0. The maximum atomic E-state index is 5.83. The molecule has 0 bridgehead atoms. The second-order valence-electron chi connectivity index (χ2n) is 5.02. The first-order valence-electron chi connectivity index (χ1n) is 7.18. The van der Waals surface area contributed by atoms with Crippen LogP contribution in [0.3, 0.4) is 0 Å². The summed E-state index contributed by atoms with van der Waals surface area (Å²) < 4.78 is 5.83. The van der Waals surface area contributed by atoms with Crippen molar-refractivity contribution in [1.29, 1.82) is 0 Å². The van der Waals surface area contributed by atoms with Crippen molar-refractivity contribution in [3.05, 3.63) is 29.8 Å². The minimum absolute atomic E-state index is 0.385. The van der Waals surface area contributed by atoms with E-state index in [9.17, 15) is 0 Å². The van der Waals surface area contributed by atoms with Gasteiger partial charge < -0.3 is 10.5 Å². The fraction of sp³-hybridized carbons (Fsp3) is 0.625. The van der Waals surface area contributed by atoms with Crippen molar-refractivity contribution in [3.63, 3.8) is 0 Å². The summed E-state index contributed by atoms with van der Waals surface area (Å²) in [5.41, 5.74) is 7.77. The predicted octanol–water partition coefficient (Wildman–Crippen LogP) is 4.19. The standard InChI is InChI=1S/C16H27NO/c1-3-4-5-6-7-14(2)18-13-12-15-8-10-16(17)11-9-15/h8-11,14H,3-7,12-13,17H2,1-2H3. The van der Waals surface area contributed by atoms with Gasteiger partial charge in [-0.1, -0.05) is 44.7 Å². The van der Waals surface area contributed by atoms with E-state index in [0.717, 1.165) is 18.7 Å². The lowest BCUT2D eigenvalue weighted by Crippen LogP contribution is -2.10. The van der Waals surface area contributed by atoms with E-state index in [1.165, 1.54) is 37.7 Å². The summed E-state index contributed by atoms with van der Waals surface area (Å²) in [5, 5.41) is 0. The highest BCUT2D eigenvalue weighted by atomic mass is 16.5. The topological polar surface area (TPSA) is 35.2 Å². The van der Waals surface area contributed by atoms with Crippen molar-refractivity contribution >= 4 is 5.69 Å². The highest BCUT2D eigenvalue weighted by molar-refractivity contribution is 5.39. The Kier molecular flexibility index (Phi) is 7.51. The molecule has 1 rings (SSSR count). The third-order valence-electron chi connectivity index (χ3n) is 3.24. The summed E-state index contributed by atoms with van der Waals surface area (Å²) in [6.07, 6.45) is 7.81. The first-order chi connectivity index (χ1) is 8.72. The molecule has 0 aliphatic rings. The number of anilines is 1. The molecule has 102 valence electrons. The smallest absolute Gasteiger partial charge is 0.0547 e. The van der Waals surface area contributed by atoms with Gasteiger partial charge in [-0.15, -0.1) is 0 Å². The predicted molar refractivity (Wildman–Crippen MR) is 78.7 cm³/mol. The number of hydrogen-bond donors (Lipinski definition) is 1. The Morgan fingerprint density at radius 3 is 2.50 bits per heavy atom. The second kappa shape index (κ2) is 8.98. The number of nitrogen functional groups attached to an aromatic ring is 1.